The molecule has 3 rings (SSSR count). The summed E-state index contributed by atoms with van der Waals surface area (Å²) in [6, 6.07) is 9.19. The number of benzene rings is 1. The summed E-state index contributed by atoms with van der Waals surface area (Å²) in [5.41, 5.74) is 0.671. The van der Waals surface area contributed by atoms with Crippen LogP contribution in [0.3, 0.4) is 0 Å². The van der Waals surface area contributed by atoms with E-state index >= 15 is 0 Å². The predicted molar refractivity (Wildman–Crippen MR) is 64.4 cm³/mol. The molecular weight excluding hydrogens is 232 g/mol. The smallest absolute Gasteiger partial charge is 0.407 e. The van der Waals surface area contributed by atoms with Crippen LogP contribution in [-0.2, 0) is 0 Å². The second-order valence-corrected chi connectivity index (χ2v) is 4.84. The summed E-state index contributed by atoms with van der Waals surface area (Å²) in [6.45, 7) is 1.67. The maximum absolute atomic E-state index is 12.2. The number of carbonyl (C=O) groups is 2. The first-order valence-corrected chi connectivity index (χ1v) is 6.00. The molecule has 18 heavy (non-hydrogen) atoms. The molecule has 2 unspecified atom stereocenters. The van der Waals surface area contributed by atoms with Crippen LogP contribution < -0.4 is 0 Å². The van der Waals surface area contributed by atoms with Gasteiger partial charge in [-0.2, -0.15) is 0 Å². The van der Waals surface area contributed by atoms with Crippen molar-refractivity contribution in [1.82, 2.24) is 9.80 Å². The minimum Gasteiger partial charge on any atom is -0.465 e. The Morgan fingerprint density at radius 3 is 2.50 bits per heavy atom. The van der Waals surface area contributed by atoms with Gasteiger partial charge in [-0.05, 0) is 12.1 Å². The molecule has 0 aromatic heterocycles. The molecular formula is C13H14N2O3. The molecule has 2 fully saturated rings. The fourth-order valence-electron chi connectivity index (χ4n) is 2.77. The Labute approximate surface area is 105 Å². The monoisotopic (exact) mass is 246 g/mol. The van der Waals surface area contributed by atoms with Crippen LogP contribution in [0, 0.1) is 5.92 Å². The zero-order chi connectivity index (χ0) is 12.7. The highest BCUT2D eigenvalue weighted by Gasteiger charge is 2.49. The van der Waals surface area contributed by atoms with Crippen molar-refractivity contribution in [3.8, 4) is 0 Å². The van der Waals surface area contributed by atoms with Gasteiger partial charge in [-0.15, -0.1) is 0 Å². The number of rotatable bonds is 1. The van der Waals surface area contributed by atoms with E-state index in [1.165, 1.54) is 4.90 Å². The minimum absolute atomic E-state index is 0.00379. The van der Waals surface area contributed by atoms with Crippen LogP contribution in [0.2, 0.25) is 0 Å². The maximum Gasteiger partial charge on any atom is 0.407 e. The van der Waals surface area contributed by atoms with Crippen LogP contribution in [0.25, 0.3) is 0 Å². The van der Waals surface area contributed by atoms with E-state index in [1.54, 1.807) is 17.0 Å². The van der Waals surface area contributed by atoms with Gasteiger partial charge >= 0.3 is 6.09 Å². The Morgan fingerprint density at radius 1 is 1.11 bits per heavy atom. The number of hydrogen-bond donors (Lipinski definition) is 1. The van der Waals surface area contributed by atoms with Gasteiger partial charge in [0.2, 0.25) is 0 Å². The van der Waals surface area contributed by atoms with Gasteiger partial charge in [0.1, 0.15) is 0 Å². The molecule has 0 bridgehead atoms. The number of amides is 2. The fraction of sp³-hybridized carbons (Fsp3) is 0.385. The van der Waals surface area contributed by atoms with Gasteiger partial charge in [-0.1, -0.05) is 18.2 Å². The van der Waals surface area contributed by atoms with Gasteiger partial charge < -0.3 is 14.9 Å². The van der Waals surface area contributed by atoms with Crippen molar-refractivity contribution in [3.05, 3.63) is 35.9 Å². The lowest BCUT2D eigenvalue weighted by Gasteiger charge is -2.43. The van der Waals surface area contributed by atoms with E-state index in [2.05, 4.69) is 0 Å². The molecule has 5 heteroatoms. The van der Waals surface area contributed by atoms with Crippen LogP contribution in [0.1, 0.15) is 10.4 Å². The van der Waals surface area contributed by atoms with E-state index in [4.69, 9.17) is 5.11 Å². The third-order valence-corrected chi connectivity index (χ3v) is 3.79. The molecule has 2 amide bonds. The summed E-state index contributed by atoms with van der Waals surface area (Å²) in [4.78, 5) is 26.3. The van der Waals surface area contributed by atoms with E-state index < -0.39 is 6.09 Å². The fourth-order valence-corrected chi connectivity index (χ4v) is 2.77. The van der Waals surface area contributed by atoms with Crippen molar-refractivity contribution in [3.63, 3.8) is 0 Å². The molecule has 2 aliphatic rings. The van der Waals surface area contributed by atoms with Crippen molar-refractivity contribution >= 4 is 12.0 Å². The number of hydrogen-bond acceptors (Lipinski definition) is 2. The van der Waals surface area contributed by atoms with Gasteiger partial charge in [0, 0.05) is 31.1 Å². The maximum atomic E-state index is 12.2. The van der Waals surface area contributed by atoms with Gasteiger partial charge in [0.15, 0.2) is 0 Å². The lowest BCUT2D eigenvalue weighted by Crippen LogP contribution is -2.58. The second kappa shape index (κ2) is 4.01. The summed E-state index contributed by atoms with van der Waals surface area (Å²) >= 11 is 0. The zero-order valence-electron chi connectivity index (χ0n) is 9.82. The third-order valence-electron chi connectivity index (χ3n) is 3.79. The highest BCUT2D eigenvalue weighted by Crippen LogP contribution is 2.33. The largest absolute Gasteiger partial charge is 0.465 e. The number of fused-ring (bicyclic) bond motifs is 1. The highest BCUT2D eigenvalue weighted by molar-refractivity contribution is 5.95. The first-order chi connectivity index (χ1) is 8.66. The second-order valence-electron chi connectivity index (χ2n) is 4.84. The quantitative estimate of drug-likeness (QED) is 0.807. The molecule has 94 valence electrons. The van der Waals surface area contributed by atoms with Crippen molar-refractivity contribution in [2.45, 2.75) is 6.04 Å². The Morgan fingerprint density at radius 2 is 1.83 bits per heavy atom. The molecule has 2 aliphatic heterocycles. The molecule has 0 saturated carbocycles. The van der Waals surface area contributed by atoms with Crippen molar-refractivity contribution in [2.75, 3.05) is 19.6 Å². The topological polar surface area (TPSA) is 60.9 Å². The van der Waals surface area contributed by atoms with Crippen molar-refractivity contribution in [1.29, 1.82) is 0 Å². The Balaban J connectivity index is 1.71. The SMILES string of the molecule is O=C(O)N1CC2CN(C(=O)c3ccccc3)C2C1. The minimum atomic E-state index is -0.892. The first-order valence-electron chi connectivity index (χ1n) is 6.00. The normalized spacial score (nSPS) is 25.6. The van der Waals surface area contributed by atoms with Gasteiger partial charge in [-0.3, -0.25) is 4.79 Å². The van der Waals surface area contributed by atoms with Crippen LogP contribution in [-0.4, -0.2) is 52.6 Å². The molecule has 1 N–H and O–H groups in total. The lowest BCUT2D eigenvalue weighted by atomic mass is 9.91. The van der Waals surface area contributed by atoms with E-state index in [0.29, 0.717) is 31.1 Å². The van der Waals surface area contributed by atoms with Crippen LogP contribution in [0.4, 0.5) is 4.79 Å². The predicted octanol–water partition coefficient (Wildman–Crippen LogP) is 1.12. The third kappa shape index (κ3) is 1.63. The summed E-state index contributed by atoms with van der Waals surface area (Å²) in [5, 5.41) is 8.94. The molecule has 2 saturated heterocycles. The Bertz CT molecular complexity index is 488. The average molecular weight is 246 g/mol. The van der Waals surface area contributed by atoms with E-state index in [9.17, 15) is 9.59 Å². The zero-order valence-corrected chi connectivity index (χ0v) is 9.82. The molecule has 0 radical (unpaired) electrons. The summed E-state index contributed by atoms with van der Waals surface area (Å²) in [6.07, 6.45) is -0.892. The van der Waals surface area contributed by atoms with Gasteiger partial charge in [0.05, 0.1) is 6.04 Å². The van der Waals surface area contributed by atoms with E-state index in [0.717, 1.165) is 0 Å². The van der Waals surface area contributed by atoms with Crippen molar-refractivity contribution in [2.24, 2.45) is 5.92 Å². The number of nitrogens with zero attached hydrogens (tertiary/aromatic N) is 2. The standard InChI is InChI=1S/C13H14N2O3/c16-12(9-4-2-1-3-5-9)15-7-10-6-14(13(17)18)8-11(10)15/h1-5,10-11H,6-8H2,(H,17,18). The molecule has 5 nitrogen and oxygen atoms in total. The summed E-state index contributed by atoms with van der Waals surface area (Å²) in [7, 11) is 0. The summed E-state index contributed by atoms with van der Waals surface area (Å²) < 4.78 is 0. The summed E-state index contributed by atoms with van der Waals surface area (Å²) in [5.74, 6) is 0.317. The first kappa shape index (κ1) is 11.1. The Kier molecular flexibility index (Phi) is 2.47. The number of carbonyl (C=O) groups excluding carboxylic acids is 1. The molecule has 1 aromatic rings. The van der Waals surface area contributed by atoms with Crippen LogP contribution in [0.15, 0.2) is 30.3 Å². The molecule has 0 spiro atoms. The van der Waals surface area contributed by atoms with E-state index in [1.807, 2.05) is 18.2 Å². The number of likely N-dealkylation sites (tertiary alicyclic amines) is 2. The molecule has 2 heterocycles. The van der Waals surface area contributed by atoms with Gasteiger partial charge in [-0.25, -0.2) is 4.79 Å². The van der Waals surface area contributed by atoms with Crippen molar-refractivity contribution < 1.29 is 14.7 Å². The average Bonchev–Trinajstić information content (AvgIpc) is 2.68. The lowest BCUT2D eigenvalue weighted by molar-refractivity contribution is 0.0326. The molecule has 0 aliphatic carbocycles. The number of carboxylic acid groups (broad SMARTS) is 1. The van der Waals surface area contributed by atoms with Crippen LogP contribution >= 0.6 is 0 Å². The van der Waals surface area contributed by atoms with E-state index in [-0.39, 0.29) is 11.9 Å². The molecule has 2 atom stereocenters. The highest BCUT2D eigenvalue weighted by atomic mass is 16.4. The van der Waals surface area contributed by atoms with Gasteiger partial charge in [0.25, 0.3) is 5.91 Å². The van der Waals surface area contributed by atoms with Crippen LogP contribution in [0.5, 0.6) is 0 Å². The molecule has 1 aromatic carbocycles. The Hall–Kier alpha value is -2.04.